The fourth-order valence-electron chi connectivity index (χ4n) is 2.63. The first-order valence-electron chi connectivity index (χ1n) is 6.46. The normalized spacial score (nSPS) is 11.9. The van der Waals surface area contributed by atoms with Gasteiger partial charge in [0.15, 0.2) is 0 Å². The molecular formula is C17H16ClNO2. The van der Waals surface area contributed by atoms with Gasteiger partial charge in [0.2, 0.25) is 0 Å². The van der Waals surface area contributed by atoms with Crippen molar-refractivity contribution in [2.24, 2.45) is 5.73 Å². The van der Waals surface area contributed by atoms with E-state index in [1.807, 2.05) is 48.5 Å². The summed E-state index contributed by atoms with van der Waals surface area (Å²) < 4.78 is 4.80. The number of esters is 1. The van der Waals surface area contributed by atoms with Crippen LogP contribution in [-0.2, 0) is 9.53 Å². The first-order chi connectivity index (χ1) is 9.72. The molecule has 0 aromatic heterocycles. The van der Waals surface area contributed by atoms with Crippen molar-refractivity contribution in [1.29, 1.82) is 0 Å². The quantitative estimate of drug-likeness (QED) is 0.581. The average molecular weight is 302 g/mol. The number of carbonyl (C=O) groups is 1. The number of hydrogen-bond donors (Lipinski definition) is 1. The Bertz CT molecular complexity index is 747. The number of carbonyl (C=O) groups excluding carboxylic acids is 1. The molecule has 21 heavy (non-hydrogen) atoms. The lowest BCUT2D eigenvalue weighted by atomic mass is 9.92. The Morgan fingerprint density at radius 1 is 1.00 bits per heavy atom. The van der Waals surface area contributed by atoms with Gasteiger partial charge in [-0.15, -0.1) is 12.4 Å². The molecule has 3 nitrogen and oxygen atoms in total. The van der Waals surface area contributed by atoms with Crippen LogP contribution in [0.4, 0.5) is 0 Å². The summed E-state index contributed by atoms with van der Waals surface area (Å²) in [5.41, 5.74) is 6.93. The summed E-state index contributed by atoms with van der Waals surface area (Å²) in [5.74, 6) is -0.425. The van der Waals surface area contributed by atoms with Crippen LogP contribution in [0.2, 0.25) is 0 Å². The molecule has 0 amide bonds. The minimum atomic E-state index is -0.781. The highest BCUT2D eigenvalue weighted by atomic mass is 35.5. The maximum Gasteiger partial charge on any atom is 0.327 e. The van der Waals surface area contributed by atoms with Gasteiger partial charge in [-0.2, -0.15) is 0 Å². The molecule has 0 heterocycles. The maximum atomic E-state index is 11.9. The van der Waals surface area contributed by atoms with E-state index in [-0.39, 0.29) is 12.4 Å². The molecule has 0 saturated carbocycles. The van der Waals surface area contributed by atoms with E-state index in [0.29, 0.717) is 0 Å². The van der Waals surface area contributed by atoms with Gasteiger partial charge in [0.1, 0.15) is 6.04 Å². The fraction of sp³-hybridized carbons (Fsp3) is 0.118. The summed E-state index contributed by atoms with van der Waals surface area (Å²) in [5, 5.41) is 4.12. The molecule has 3 aromatic carbocycles. The molecule has 0 spiro atoms. The topological polar surface area (TPSA) is 52.3 Å². The van der Waals surface area contributed by atoms with E-state index in [1.54, 1.807) is 0 Å². The molecule has 1 atom stereocenters. The highest BCUT2D eigenvalue weighted by molar-refractivity contribution is 6.05. The third kappa shape index (κ3) is 2.58. The van der Waals surface area contributed by atoms with E-state index in [4.69, 9.17) is 10.5 Å². The van der Waals surface area contributed by atoms with Gasteiger partial charge in [0, 0.05) is 0 Å². The number of halogens is 1. The second-order valence-corrected chi connectivity index (χ2v) is 4.73. The molecule has 0 aliphatic rings. The van der Waals surface area contributed by atoms with Gasteiger partial charge in [0.25, 0.3) is 0 Å². The lowest BCUT2D eigenvalue weighted by Crippen LogP contribution is -2.23. The van der Waals surface area contributed by atoms with Crippen molar-refractivity contribution < 1.29 is 9.53 Å². The summed E-state index contributed by atoms with van der Waals surface area (Å²) in [6.45, 7) is 0. The van der Waals surface area contributed by atoms with Crippen molar-refractivity contribution in [2.45, 2.75) is 6.04 Å². The number of ether oxygens (including phenoxy) is 1. The number of methoxy groups -OCH3 is 1. The average Bonchev–Trinajstić information content (AvgIpc) is 2.51. The Morgan fingerprint density at radius 2 is 1.48 bits per heavy atom. The van der Waals surface area contributed by atoms with Crippen LogP contribution < -0.4 is 5.73 Å². The number of fused-ring (bicyclic) bond motifs is 2. The molecular weight excluding hydrogens is 286 g/mol. The third-order valence-corrected chi connectivity index (χ3v) is 3.58. The van der Waals surface area contributed by atoms with Gasteiger partial charge in [-0.1, -0.05) is 48.5 Å². The summed E-state index contributed by atoms with van der Waals surface area (Å²) >= 11 is 0. The molecule has 0 fully saturated rings. The highest BCUT2D eigenvalue weighted by Crippen LogP contribution is 2.32. The van der Waals surface area contributed by atoms with Crippen LogP contribution in [0.5, 0.6) is 0 Å². The predicted octanol–water partition coefficient (Wildman–Crippen LogP) is 3.59. The zero-order valence-corrected chi connectivity index (χ0v) is 12.4. The van der Waals surface area contributed by atoms with Crippen LogP contribution >= 0.6 is 12.4 Å². The van der Waals surface area contributed by atoms with E-state index >= 15 is 0 Å². The van der Waals surface area contributed by atoms with Gasteiger partial charge in [-0.05, 0) is 33.2 Å². The Morgan fingerprint density at radius 3 is 1.95 bits per heavy atom. The lowest BCUT2D eigenvalue weighted by molar-refractivity contribution is -0.142. The van der Waals surface area contributed by atoms with Crippen LogP contribution in [0.25, 0.3) is 21.5 Å². The molecule has 108 valence electrons. The lowest BCUT2D eigenvalue weighted by Gasteiger charge is -2.16. The standard InChI is InChI=1S/C17H15NO2.ClH/c1-20-17(19)16(18)15-13-8-4-2-6-11(13)10-12-7-3-5-9-14(12)15;/h2-10,16H,18H2,1H3;1H/t16-;/m1./s1. The number of benzene rings is 3. The number of rotatable bonds is 2. The van der Waals surface area contributed by atoms with Gasteiger partial charge < -0.3 is 10.5 Å². The molecule has 4 heteroatoms. The predicted molar refractivity (Wildman–Crippen MR) is 87.6 cm³/mol. The maximum absolute atomic E-state index is 11.9. The second kappa shape index (κ2) is 6.12. The van der Waals surface area contributed by atoms with E-state index in [1.165, 1.54) is 7.11 Å². The summed E-state index contributed by atoms with van der Waals surface area (Å²) in [6, 6.07) is 17.2. The van der Waals surface area contributed by atoms with Gasteiger partial charge in [0.05, 0.1) is 7.11 Å². The SMILES string of the molecule is COC(=O)[C@H](N)c1c2ccccc2cc2ccccc12.Cl. The number of hydrogen-bond acceptors (Lipinski definition) is 3. The van der Waals surface area contributed by atoms with E-state index in [9.17, 15) is 4.79 Å². The molecule has 3 aromatic rings. The molecule has 2 N–H and O–H groups in total. The van der Waals surface area contributed by atoms with Crippen LogP contribution in [-0.4, -0.2) is 13.1 Å². The summed E-state index contributed by atoms with van der Waals surface area (Å²) in [6.07, 6.45) is 0. The molecule has 3 rings (SSSR count). The van der Waals surface area contributed by atoms with Crippen LogP contribution in [0.15, 0.2) is 54.6 Å². The minimum Gasteiger partial charge on any atom is -0.468 e. The molecule has 0 saturated heterocycles. The Balaban J connectivity index is 0.00000161. The van der Waals surface area contributed by atoms with Crippen LogP contribution in [0.3, 0.4) is 0 Å². The second-order valence-electron chi connectivity index (χ2n) is 4.73. The Hall–Kier alpha value is -2.10. The summed E-state index contributed by atoms with van der Waals surface area (Å²) in [7, 11) is 1.36. The molecule has 0 unspecified atom stereocenters. The highest BCUT2D eigenvalue weighted by Gasteiger charge is 2.21. The fourth-order valence-corrected chi connectivity index (χ4v) is 2.63. The Labute approximate surface area is 129 Å². The molecule has 0 aliphatic heterocycles. The van der Waals surface area contributed by atoms with Crippen molar-refractivity contribution in [3.63, 3.8) is 0 Å². The van der Waals surface area contributed by atoms with Gasteiger partial charge in [-0.3, -0.25) is 4.79 Å². The van der Waals surface area contributed by atoms with Crippen LogP contribution in [0, 0.1) is 0 Å². The van der Waals surface area contributed by atoms with Crippen molar-refractivity contribution in [2.75, 3.05) is 7.11 Å². The molecule has 0 aliphatic carbocycles. The van der Waals surface area contributed by atoms with Crippen molar-refractivity contribution >= 4 is 39.9 Å². The van der Waals surface area contributed by atoms with Crippen molar-refractivity contribution in [3.05, 3.63) is 60.2 Å². The zero-order chi connectivity index (χ0) is 14.1. The van der Waals surface area contributed by atoms with Gasteiger partial charge >= 0.3 is 5.97 Å². The molecule has 0 radical (unpaired) electrons. The van der Waals surface area contributed by atoms with E-state index in [0.717, 1.165) is 27.1 Å². The van der Waals surface area contributed by atoms with Crippen molar-refractivity contribution in [1.82, 2.24) is 0 Å². The number of nitrogens with two attached hydrogens (primary N) is 1. The van der Waals surface area contributed by atoms with Crippen LogP contribution in [0.1, 0.15) is 11.6 Å². The molecule has 0 bridgehead atoms. The minimum absolute atomic E-state index is 0. The van der Waals surface area contributed by atoms with Gasteiger partial charge in [-0.25, -0.2) is 0 Å². The third-order valence-electron chi connectivity index (χ3n) is 3.58. The summed E-state index contributed by atoms with van der Waals surface area (Å²) in [4.78, 5) is 11.9. The van der Waals surface area contributed by atoms with E-state index < -0.39 is 12.0 Å². The first kappa shape index (κ1) is 15.3. The zero-order valence-electron chi connectivity index (χ0n) is 11.6. The first-order valence-corrected chi connectivity index (χ1v) is 6.46. The Kier molecular flexibility index (Phi) is 4.46. The smallest absolute Gasteiger partial charge is 0.327 e. The largest absolute Gasteiger partial charge is 0.468 e. The van der Waals surface area contributed by atoms with E-state index in [2.05, 4.69) is 6.07 Å². The van der Waals surface area contributed by atoms with Crippen molar-refractivity contribution in [3.8, 4) is 0 Å². The monoisotopic (exact) mass is 301 g/mol.